The average molecular weight is 315 g/mol. The predicted octanol–water partition coefficient (Wildman–Crippen LogP) is 1.48. The standard InChI is InChI=1S/C13H19BrN2O2/c14-10-1-2-13(18)11(9-10)12(3-8-17)16-6-4-15-5-7-16/h1-2,9,12,15,17-18H,3-8H2/t12-/m1/s1. The molecular formula is C13H19BrN2O2. The second-order valence-corrected chi connectivity index (χ2v) is 5.43. The number of nitrogens with zero attached hydrogens (tertiary/aromatic N) is 1. The van der Waals surface area contributed by atoms with Crippen LogP contribution in [0.1, 0.15) is 18.0 Å². The van der Waals surface area contributed by atoms with Gasteiger partial charge in [-0.25, -0.2) is 0 Å². The molecule has 1 atom stereocenters. The quantitative estimate of drug-likeness (QED) is 0.788. The van der Waals surface area contributed by atoms with Gasteiger partial charge < -0.3 is 15.5 Å². The number of aliphatic hydroxyl groups excluding tert-OH is 1. The number of phenolic OH excluding ortho intramolecular Hbond substituents is 1. The Bertz CT molecular complexity index is 395. The first kappa shape index (κ1) is 13.8. The summed E-state index contributed by atoms with van der Waals surface area (Å²) < 4.78 is 0.952. The Hall–Kier alpha value is -0.620. The van der Waals surface area contributed by atoms with Gasteiger partial charge in [0, 0.05) is 48.9 Å². The second-order valence-electron chi connectivity index (χ2n) is 4.52. The predicted molar refractivity (Wildman–Crippen MR) is 74.7 cm³/mol. The smallest absolute Gasteiger partial charge is 0.120 e. The van der Waals surface area contributed by atoms with Crippen LogP contribution in [0.5, 0.6) is 5.75 Å². The van der Waals surface area contributed by atoms with Crippen molar-refractivity contribution in [3.63, 3.8) is 0 Å². The summed E-state index contributed by atoms with van der Waals surface area (Å²) >= 11 is 3.44. The lowest BCUT2D eigenvalue weighted by molar-refractivity contribution is 0.139. The molecule has 3 N–H and O–H groups in total. The van der Waals surface area contributed by atoms with Gasteiger partial charge in [-0.2, -0.15) is 0 Å². The van der Waals surface area contributed by atoms with E-state index in [2.05, 4.69) is 26.1 Å². The minimum Gasteiger partial charge on any atom is -0.508 e. The van der Waals surface area contributed by atoms with Crippen molar-refractivity contribution in [3.8, 4) is 5.75 Å². The van der Waals surface area contributed by atoms with Gasteiger partial charge in [-0.1, -0.05) is 15.9 Å². The van der Waals surface area contributed by atoms with Crippen LogP contribution in [0.25, 0.3) is 0 Å². The first-order valence-electron chi connectivity index (χ1n) is 6.26. The SMILES string of the molecule is OCC[C@H](c1cc(Br)ccc1O)N1CCNCC1. The van der Waals surface area contributed by atoms with Crippen LogP contribution >= 0.6 is 15.9 Å². The van der Waals surface area contributed by atoms with Crippen molar-refractivity contribution in [1.82, 2.24) is 10.2 Å². The molecule has 1 aliphatic rings. The van der Waals surface area contributed by atoms with Crippen molar-refractivity contribution in [3.05, 3.63) is 28.2 Å². The number of piperazine rings is 1. The lowest BCUT2D eigenvalue weighted by Crippen LogP contribution is -2.45. The van der Waals surface area contributed by atoms with Gasteiger partial charge >= 0.3 is 0 Å². The molecule has 0 saturated carbocycles. The summed E-state index contributed by atoms with van der Waals surface area (Å²) in [5.41, 5.74) is 0.889. The lowest BCUT2D eigenvalue weighted by Gasteiger charge is -2.35. The molecule has 18 heavy (non-hydrogen) atoms. The topological polar surface area (TPSA) is 55.7 Å². The molecule has 0 unspecified atom stereocenters. The van der Waals surface area contributed by atoms with Crippen molar-refractivity contribution in [1.29, 1.82) is 0 Å². The van der Waals surface area contributed by atoms with Crippen LogP contribution in [0.3, 0.4) is 0 Å². The van der Waals surface area contributed by atoms with E-state index in [0.717, 1.165) is 36.2 Å². The zero-order chi connectivity index (χ0) is 13.0. The first-order valence-corrected chi connectivity index (χ1v) is 7.05. The van der Waals surface area contributed by atoms with E-state index in [1.807, 2.05) is 12.1 Å². The molecule has 1 heterocycles. The van der Waals surface area contributed by atoms with E-state index in [4.69, 9.17) is 0 Å². The van der Waals surface area contributed by atoms with Crippen LogP contribution in [-0.4, -0.2) is 47.9 Å². The largest absolute Gasteiger partial charge is 0.508 e. The summed E-state index contributed by atoms with van der Waals surface area (Å²) in [4.78, 5) is 2.31. The van der Waals surface area contributed by atoms with Crippen molar-refractivity contribution < 1.29 is 10.2 Å². The Morgan fingerprint density at radius 2 is 2.06 bits per heavy atom. The molecule has 1 aliphatic heterocycles. The highest BCUT2D eigenvalue weighted by atomic mass is 79.9. The van der Waals surface area contributed by atoms with E-state index in [9.17, 15) is 10.2 Å². The third-order valence-corrected chi connectivity index (χ3v) is 3.84. The maximum atomic E-state index is 10.0. The summed E-state index contributed by atoms with van der Waals surface area (Å²) in [7, 11) is 0. The Labute approximate surface area is 116 Å². The zero-order valence-corrected chi connectivity index (χ0v) is 11.9. The van der Waals surface area contributed by atoms with Crippen molar-refractivity contribution in [2.45, 2.75) is 12.5 Å². The van der Waals surface area contributed by atoms with Crippen LogP contribution < -0.4 is 5.32 Å². The maximum absolute atomic E-state index is 10.0. The van der Waals surface area contributed by atoms with Gasteiger partial charge in [0.2, 0.25) is 0 Å². The van der Waals surface area contributed by atoms with Crippen LogP contribution in [0.2, 0.25) is 0 Å². The summed E-state index contributed by atoms with van der Waals surface area (Å²) in [5.74, 6) is 0.301. The Balaban J connectivity index is 2.24. The van der Waals surface area contributed by atoms with E-state index >= 15 is 0 Å². The first-order chi connectivity index (χ1) is 8.72. The summed E-state index contributed by atoms with van der Waals surface area (Å²) in [6, 6.07) is 5.55. The third-order valence-electron chi connectivity index (χ3n) is 3.34. The zero-order valence-electron chi connectivity index (χ0n) is 10.3. The third kappa shape index (κ3) is 3.23. The lowest BCUT2D eigenvalue weighted by atomic mass is 10.0. The number of aromatic hydroxyl groups is 1. The number of nitrogens with one attached hydrogen (secondary N) is 1. The van der Waals surface area contributed by atoms with E-state index in [0.29, 0.717) is 12.2 Å². The fourth-order valence-corrected chi connectivity index (χ4v) is 2.82. The highest BCUT2D eigenvalue weighted by Gasteiger charge is 2.24. The minimum absolute atomic E-state index is 0.0783. The molecule has 1 aromatic carbocycles. The van der Waals surface area contributed by atoms with Crippen LogP contribution in [0, 0.1) is 0 Å². The highest BCUT2D eigenvalue weighted by Crippen LogP contribution is 2.33. The molecule has 0 aromatic heterocycles. The molecule has 0 amide bonds. The summed E-state index contributed by atoms with van der Waals surface area (Å²) in [6.45, 7) is 3.92. The monoisotopic (exact) mass is 314 g/mol. The van der Waals surface area contributed by atoms with E-state index < -0.39 is 0 Å². The molecule has 1 aromatic rings. The van der Waals surface area contributed by atoms with Gasteiger partial charge in [0.15, 0.2) is 0 Å². The van der Waals surface area contributed by atoms with Gasteiger partial charge in [0.1, 0.15) is 5.75 Å². The number of hydrogen-bond acceptors (Lipinski definition) is 4. The van der Waals surface area contributed by atoms with Crippen molar-refractivity contribution in [2.75, 3.05) is 32.8 Å². The van der Waals surface area contributed by atoms with Gasteiger partial charge in [0.25, 0.3) is 0 Å². The fraction of sp³-hybridized carbons (Fsp3) is 0.538. The molecule has 2 rings (SSSR count). The summed E-state index contributed by atoms with van der Waals surface area (Å²) in [5, 5.41) is 22.6. The van der Waals surface area contributed by atoms with Gasteiger partial charge in [-0.15, -0.1) is 0 Å². The fourth-order valence-electron chi connectivity index (χ4n) is 2.44. The van der Waals surface area contributed by atoms with Gasteiger partial charge in [-0.3, -0.25) is 4.90 Å². The molecule has 0 spiro atoms. The number of benzene rings is 1. The van der Waals surface area contributed by atoms with E-state index in [-0.39, 0.29) is 12.6 Å². The number of phenols is 1. The Morgan fingerprint density at radius 3 is 2.72 bits per heavy atom. The second kappa shape index (κ2) is 6.52. The van der Waals surface area contributed by atoms with Gasteiger partial charge in [-0.05, 0) is 24.6 Å². The van der Waals surface area contributed by atoms with Crippen LogP contribution in [0.4, 0.5) is 0 Å². The minimum atomic E-state index is 0.0783. The van der Waals surface area contributed by atoms with Gasteiger partial charge in [0.05, 0.1) is 0 Å². The van der Waals surface area contributed by atoms with Crippen LogP contribution in [-0.2, 0) is 0 Å². The Morgan fingerprint density at radius 1 is 1.33 bits per heavy atom. The van der Waals surface area contributed by atoms with E-state index in [1.54, 1.807) is 6.07 Å². The molecule has 1 fully saturated rings. The molecule has 4 nitrogen and oxygen atoms in total. The van der Waals surface area contributed by atoms with E-state index in [1.165, 1.54) is 0 Å². The molecule has 0 bridgehead atoms. The number of hydrogen-bond donors (Lipinski definition) is 3. The number of aliphatic hydroxyl groups is 1. The normalized spacial score (nSPS) is 18.8. The molecule has 0 radical (unpaired) electrons. The average Bonchev–Trinajstić information content (AvgIpc) is 2.40. The molecular weight excluding hydrogens is 296 g/mol. The Kier molecular flexibility index (Phi) is 5.00. The molecule has 0 aliphatic carbocycles. The molecule has 100 valence electrons. The number of rotatable bonds is 4. The molecule has 5 heteroatoms. The number of halogens is 1. The maximum Gasteiger partial charge on any atom is 0.120 e. The highest BCUT2D eigenvalue weighted by molar-refractivity contribution is 9.10. The van der Waals surface area contributed by atoms with Crippen molar-refractivity contribution in [2.24, 2.45) is 0 Å². The van der Waals surface area contributed by atoms with Crippen LogP contribution in [0.15, 0.2) is 22.7 Å². The summed E-state index contributed by atoms with van der Waals surface area (Å²) in [6.07, 6.45) is 0.643. The molecule has 1 saturated heterocycles. The van der Waals surface area contributed by atoms with Crippen molar-refractivity contribution >= 4 is 15.9 Å².